The monoisotopic (exact) mass is 198 g/mol. The number of aromatic nitrogens is 1. The van der Waals surface area contributed by atoms with E-state index in [-0.39, 0.29) is 12.7 Å². The van der Waals surface area contributed by atoms with Gasteiger partial charge in [0.25, 0.3) is 6.01 Å². The number of nitrogens with zero attached hydrogens (tertiary/aromatic N) is 2. The molecule has 1 atom stereocenters. The van der Waals surface area contributed by atoms with Crippen LogP contribution in [0.4, 0.5) is 6.01 Å². The molecule has 0 radical (unpaired) electrons. The molecule has 0 aromatic carbocycles. The second-order valence-corrected chi connectivity index (χ2v) is 3.52. The predicted molar refractivity (Wildman–Crippen MR) is 49.9 cm³/mol. The van der Waals surface area contributed by atoms with Crippen LogP contribution in [0.15, 0.2) is 10.7 Å². The van der Waals surface area contributed by atoms with E-state index in [2.05, 4.69) is 4.98 Å². The van der Waals surface area contributed by atoms with Gasteiger partial charge in [-0.15, -0.1) is 0 Å². The van der Waals surface area contributed by atoms with Crippen molar-refractivity contribution in [1.82, 2.24) is 4.98 Å². The summed E-state index contributed by atoms with van der Waals surface area (Å²) in [4.78, 5) is 5.98. The van der Waals surface area contributed by atoms with Gasteiger partial charge in [0, 0.05) is 13.1 Å². The van der Waals surface area contributed by atoms with Crippen molar-refractivity contribution in [1.29, 1.82) is 0 Å². The maximum Gasteiger partial charge on any atom is 0.297 e. The van der Waals surface area contributed by atoms with Crippen molar-refractivity contribution in [3.63, 3.8) is 0 Å². The number of hydrogen-bond donors (Lipinski definition) is 2. The molecule has 2 heterocycles. The van der Waals surface area contributed by atoms with Crippen LogP contribution in [0, 0.1) is 0 Å². The Balaban J connectivity index is 2.06. The van der Waals surface area contributed by atoms with Crippen molar-refractivity contribution in [3.05, 3.63) is 12.0 Å². The molecule has 14 heavy (non-hydrogen) atoms. The van der Waals surface area contributed by atoms with Gasteiger partial charge in [-0.1, -0.05) is 0 Å². The lowest BCUT2D eigenvalue weighted by Gasteiger charge is -2.28. The van der Waals surface area contributed by atoms with E-state index in [4.69, 9.17) is 9.52 Å². The minimum atomic E-state index is -0.298. The average Bonchev–Trinajstić information content (AvgIpc) is 2.66. The zero-order valence-corrected chi connectivity index (χ0v) is 7.89. The van der Waals surface area contributed by atoms with E-state index in [0.29, 0.717) is 18.3 Å². The SMILES string of the molecule is OCc1coc(N2CCCC(O)C2)n1. The van der Waals surface area contributed by atoms with Crippen LogP contribution in [0.5, 0.6) is 0 Å². The third-order valence-electron chi connectivity index (χ3n) is 2.37. The Bertz CT molecular complexity index is 300. The van der Waals surface area contributed by atoms with Gasteiger partial charge in [-0.2, -0.15) is 4.98 Å². The first-order valence-electron chi connectivity index (χ1n) is 4.78. The van der Waals surface area contributed by atoms with Crippen molar-refractivity contribution in [3.8, 4) is 0 Å². The number of piperidine rings is 1. The Morgan fingerprint density at radius 1 is 1.64 bits per heavy atom. The molecule has 2 N–H and O–H groups in total. The molecule has 1 aliphatic heterocycles. The van der Waals surface area contributed by atoms with Gasteiger partial charge in [0.2, 0.25) is 0 Å². The second-order valence-electron chi connectivity index (χ2n) is 3.52. The summed E-state index contributed by atoms with van der Waals surface area (Å²) in [5.41, 5.74) is 0.528. The minimum absolute atomic E-state index is 0.111. The minimum Gasteiger partial charge on any atom is -0.432 e. The van der Waals surface area contributed by atoms with Gasteiger partial charge in [-0.25, -0.2) is 0 Å². The van der Waals surface area contributed by atoms with Gasteiger partial charge in [-0.05, 0) is 12.8 Å². The van der Waals surface area contributed by atoms with Gasteiger partial charge in [-0.3, -0.25) is 0 Å². The van der Waals surface area contributed by atoms with Crippen LogP contribution in [0.25, 0.3) is 0 Å². The second kappa shape index (κ2) is 3.98. The predicted octanol–water partition coefficient (Wildman–Crippen LogP) is 0.128. The van der Waals surface area contributed by atoms with Crippen LogP contribution in [0.3, 0.4) is 0 Å². The summed E-state index contributed by atoms with van der Waals surface area (Å²) in [6.45, 7) is 1.30. The number of rotatable bonds is 2. The lowest BCUT2D eigenvalue weighted by atomic mass is 10.1. The van der Waals surface area contributed by atoms with Crippen molar-refractivity contribution in [2.75, 3.05) is 18.0 Å². The van der Waals surface area contributed by atoms with E-state index in [0.717, 1.165) is 19.4 Å². The molecule has 0 spiro atoms. The maximum absolute atomic E-state index is 9.44. The van der Waals surface area contributed by atoms with E-state index in [1.807, 2.05) is 4.90 Å². The highest BCUT2D eigenvalue weighted by Gasteiger charge is 2.21. The van der Waals surface area contributed by atoms with E-state index >= 15 is 0 Å². The first-order chi connectivity index (χ1) is 6.79. The summed E-state index contributed by atoms with van der Waals surface area (Å²) in [5, 5.41) is 18.3. The molecule has 0 aliphatic carbocycles. The first kappa shape index (κ1) is 9.48. The topological polar surface area (TPSA) is 69.7 Å². The zero-order valence-electron chi connectivity index (χ0n) is 7.89. The Morgan fingerprint density at radius 3 is 3.14 bits per heavy atom. The molecule has 2 rings (SSSR count). The van der Waals surface area contributed by atoms with E-state index in [1.54, 1.807) is 0 Å². The summed E-state index contributed by atoms with van der Waals surface area (Å²) < 4.78 is 5.19. The number of oxazole rings is 1. The third kappa shape index (κ3) is 1.88. The molecule has 0 saturated carbocycles. The summed E-state index contributed by atoms with van der Waals surface area (Å²) in [6.07, 6.45) is 2.92. The van der Waals surface area contributed by atoms with Crippen molar-refractivity contribution < 1.29 is 14.6 Å². The van der Waals surface area contributed by atoms with Gasteiger partial charge in [0.15, 0.2) is 0 Å². The fourth-order valence-corrected chi connectivity index (χ4v) is 1.64. The molecule has 1 unspecified atom stereocenters. The maximum atomic E-state index is 9.44. The number of aliphatic hydroxyl groups is 2. The summed E-state index contributed by atoms with van der Waals surface area (Å²) in [5.74, 6) is 0. The van der Waals surface area contributed by atoms with E-state index < -0.39 is 0 Å². The van der Waals surface area contributed by atoms with Crippen molar-refractivity contribution in [2.45, 2.75) is 25.6 Å². The van der Waals surface area contributed by atoms with Crippen LogP contribution in [0.1, 0.15) is 18.5 Å². The number of anilines is 1. The van der Waals surface area contributed by atoms with Gasteiger partial charge >= 0.3 is 0 Å². The molecule has 78 valence electrons. The average molecular weight is 198 g/mol. The lowest BCUT2D eigenvalue weighted by Crippen LogP contribution is -2.38. The molecule has 0 amide bonds. The van der Waals surface area contributed by atoms with Crippen LogP contribution in [-0.2, 0) is 6.61 Å². The molecular formula is C9H14N2O3. The Labute approximate surface area is 82.0 Å². The molecular weight excluding hydrogens is 184 g/mol. The van der Waals surface area contributed by atoms with Gasteiger partial charge in [0.1, 0.15) is 12.0 Å². The number of aliphatic hydroxyl groups excluding tert-OH is 2. The molecule has 0 bridgehead atoms. The molecule has 5 nitrogen and oxygen atoms in total. The Kier molecular flexibility index (Phi) is 2.69. The standard InChI is InChI=1S/C9H14N2O3/c12-5-7-6-14-9(10-7)11-3-1-2-8(13)4-11/h6,8,12-13H,1-5H2. The van der Waals surface area contributed by atoms with E-state index in [9.17, 15) is 5.11 Å². The highest BCUT2D eigenvalue weighted by Crippen LogP contribution is 2.19. The highest BCUT2D eigenvalue weighted by atomic mass is 16.4. The van der Waals surface area contributed by atoms with E-state index in [1.165, 1.54) is 6.26 Å². The molecule has 1 saturated heterocycles. The first-order valence-corrected chi connectivity index (χ1v) is 4.78. The molecule has 1 aromatic rings. The fourth-order valence-electron chi connectivity index (χ4n) is 1.64. The summed E-state index contributed by atoms with van der Waals surface area (Å²) in [6, 6.07) is 0.493. The zero-order chi connectivity index (χ0) is 9.97. The molecule has 5 heteroatoms. The summed E-state index contributed by atoms with van der Waals surface area (Å²) in [7, 11) is 0. The fraction of sp³-hybridized carbons (Fsp3) is 0.667. The smallest absolute Gasteiger partial charge is 0.297 e. The largest absolute Gasteiger partial charge is 0.432 e. The summed E-state index contributed by atoms with van der Waals surface area (Å²) >= 11 is 0. The van der Waals surface area contributed by atoms with Crippen molar-refractivity contribution >= 4 is 6.01 Å². The normalized spacial score (nSPS) is 22.7. The molecule has 1 aliphatic rings. The number of hydrogen-bond acceptors (Lipinski definition) is 5. The Morgan fingerprint density at radius 2 is 2.50 bits per heavy atom. The Hall–Kier alpha value is -1.07. The lowest BCUT2D eigenvalue weighted by molar-refractivity contribution is 0.152. The van der Waals surface area contributed by atoms with Crippen LogP contribution < -0.4 is 4.90 Å². The van der Waals surface area contributed by atoms with Crippen LogP contribution >= 0.6 is 0 Å². The quantitative estimate of drug-likeness (QED) is 0.706. The molecule has 1 fully saturated rings. The van der Waals surface area contributed by atoms with Crippen LogP contribution in [-0.4, -0.2) is 34.4 Å². The van der Waals surface area contributed by atoms with Gasteiger partial charge < -0.3 is 19.5 Å². The number of β-amino-alcohol motifs (C(OH)–C–C–N with tert-alkyl or cyclic N) is 1. The highest BCUT2D eigenvalue weighted by molar-refractivity contribution is 5.27. The van der Waals surface area contributed by atoms with Gasteiger partial charge in [0.05, 0.1) is 12.7 Å². The third-order valence-corrected chi connectivity index (χ3v) is 2.37. The van der Waals surface area contributed by atoms with Crippen LogP contribution in [0.2, 0.25) is 0 Å². The molecule has 1 aromatic heterocycles. The van der Waals surface area contributed by atoms with Crippen molar-refractivity contribution in [2.24, 2.45) is 0 Å².